The maximum atomic E-state index is 13.5. The Kier molecular flexibility index (Phi) is 6.35. The normalized spacial score (nSPS) is 18.0. The number of anilines is 1. The number of aromatic carboxylic acids is 1. The van der Waals surface area contributed by atoms with Crippen molar-refractivity contribution >= 4 is 28.7 Å². The summed E-state index contributed by atoms with van der Waals surface area (Å²) in [6, 6.07) is 13.3. The van der Waals surface area contributed by atoms with Crippen LogP contribution >= 0.6 is 0 Å². The van der Waals surface area contributed by atoms with Crippen molar-refractivity contribution in [1.82, 2.24) is 19.7 Å². The number of hydrogen-bond acceptors (Lipinski definition) is 4. The van der Waals surface area contributed by atoms with Crippen LogP contribution in [0.4, 0.5) is 5.82 Å². The summed E-state index contributed by atoms with van der Waals surface area (Å²) in [5, 5.41) is 14.6. The molecule has 0 atom stereocenters. The zero-order chi connectivity index (χ0) is 25.4. The Morgan fingerprint density at radius 3 is 2.47 bits per heavy atom. The fraction of sp³-hybridized carbons (Fsp3) is 0.357. The Morgan fingerprint density at radius 2 is 1.83 bits per heavy atom. The average Bonchev–Trinajstić information content (AvgIpc) is 3.49. The smallest absolute Gasteiger partial charge is 0.341 e. The Bertz CT molecular complexity index is 1360. The standard InChI is InChI=1S/C28H31N5O3/c1-17(2)33(27(34)20-8-6-18(3)7-9-20)26-22(28(35)36)16-32(31-26)21-12-10-19(11-13-21)24-15-25-23(30-24)5-4-14-29-25/h4-5,10-18,20,30H,6-9H2,1-3H3,(H,35,36)/t18-,20-. The summed E-state index contributed by atoms with van der Waals surface area (Å²) >= 11 is 0. The molecule has 0 radical (unpaired) electrons. The number of amides is 1. The second kappa shape index (κ2) is 9.60. The number of carbonyl (C=O) groups excluding carboxylic acids is 1. The minimum absolute atomic E-state index is 0.0204. The van der Waals surface area contributed by atoms with Gasteiger partial charge in [-0.1, -0.05) is 19.1 Å². The molecule has 8 heteroatoms. The Hall–Kier alpha value is -3.94. The van der Waals surface area contributed by atoms with E-state index in [0.717, 1.165) is 48.0 Å². The van der Waals surface area contributed by atoms with Crippen molar-refractivity contribution in [2.45, 2.75) is 52.5 Å². The molecule has 1 aromatic carbocycles. The number of aromatic amines is 1. The summed E-state index contributed by atoms with van der Waals surface area (Å²) in [7, 11) is 0. The molecule has 1 aliphatic rings. The number of nitrogens with one attached hydrogen (secondary N) is 1. The number of pyridine rings is 1. The van der Waals surface area contributed by atoms with Crippen molar-refractivity contribution in [3.8, 4) is 16.9 Å². The highest BCUT2D eigenvalue weighted by atomic mass is 16.4. The van der Waals surface area contributed by atoms with Crippen LogP contribution in [0.1, 0.15) is 56.8 Å². The molecule has 8 nitrogen and oxygen atoms in total. The van der Waals surface area contributed by atoms with Crippen LogP contribution in [0.3, 0.4) is 0 Å². The summed E-state index contributed by atoms with van der Waals surface area (Å²) < 4.78 is 1.54. The highest BCUT2D eigenvalue weighted by Gasteiger charge is 2.34. The van der Waals surface area contributed by atoms with Gasteiger partial charge < -0.3 is 10.1 Å². The topological polar surface area (TPSA) is 104 Å². The van der Waals surface area contributed by atoms with Gasteiger partial charge in [-0.2, -0.15) is 0 Å². The minimum atomic E-state index is -1.10. The fourth-order valence-electron chi connectivity index (χ4n) is 5.04. The largest absolute Gasteiger partial charge is 0.477 e. The van der Waals surface area contributed by atoms with Crippen molar-refractivity contribution in [3.05, 3.63) is 60.4 Å². The van der Waals surface area contributed by atoms with Crippen LogP contribution in [0, 0.1) is 11.8 Å². The van der Waals surface area contributed by atoms with E-state index in [9.17, 15) is 14.7 Å². The zero-order valence-corrected chi connectivity index (χ0v) is 20.8. The molecule has 2 N–H and O–H groups in total. The highest BCUT2D eigenvalue weighted by Crippen LogP contribution is 2.33. The molecule has 4 aromatic rings. The van der Waals surface area contributed by atoms with Gasteiger partial charge in [-0.05, 0) is 81.3 Å². The number of rotatable bonds is 6. The predicted octanol–water partition coefficient (Wildman–Crippen LogP) is 5.68. The third-order valence-electron chi connectivity index (χ3n) is 7.10. The second-order valence-electron chi connectivity index (χ2n) is 10.0. The van der Waals surface area contributed by atoms with Gasteiger partial charge >= 0.3 is 5.97 Å². The number of fused-ring (bicyclic) bond motifs is 1. The lowest BCUT2D eigenvalue weighted by atomic mass is 9.82. The second-order valence-corrected chi connectivity index (χ2v) is 10.0. The number of carbonyl (C=O) groups is 2. The van der Waals surface area contributed by atoms with E-state index >= 15 is 0 Å². The average molecular weight is 486 g/mol. The Labute approximate surface area is 210 Å². The van der Waals surface area contributed by atoms with E-state index in [2.05, 4.69) is 22.0 Å². The third-order valence-corrected chi connectivity index (χ3v) is 7.10. The van der Waals surface area contributed by atoms with Crippen molar-refractivity contribution in [1.29, 1.82) is 0 Å². The van der Waals surface area contributed by atoms with Crippen LogP contribution in [0.15, 0.2) is 54.9 Å². The number of H-pyrrole nitrogens is 1. The van der Waals surface area contributed by atoms with Crippen LogP contribution in [-0.2, 0) is 4.79 Å². The Morgan fingerprint density at radius 1 is 1.11 bits per heavy atom. The van der Waals surface area contributed by atoms with Gasteiger partial charge in [0.2, 0.25) is 5.91 Å². The first kappa shape index (κ1) is 23.8. The summed E-state index contributed by atoms with van der Waals surface area (Å²) in [5.41, 5.74) is 4.51. The van der Waals surface area contributed by atoms with E-state index in [-0.39, 0.29) is 29.2 Å². The molecule has 0 unspecified atom stereocenters. The van der Waals surface area contributed by atoms with Gasteiger partial charge in [-0.3, -0.25) is 14.7 Å². The van der Waals surface area contributed by atoms with Gasteiger partial charge in [0.05, 0.1) is 16.7 Å². The first-order valence-electron chi connectivity index (χ1n) is 12.5. The zero-order valence-electron chi connectivity index (χ0n) is 20.8. The van der Waals surface area contributed by atoms with Gasteiger partial charge in [0.1, 0.15) is 5.56 Å². The lowest BCUT2D eigenvalue weighted by Gasteiger charge is -2.32. The van der Waals surface area contributed by atoms with Gasteiger partial charge in [-0.15, -0.1) is 5.10 Å². The Balaban J connectivity index is 1.46. The molecule has 5 rings (SSSR count). The minimum Gasteiger partial charge on any atom is -0.477 e. The van der Waals surface area contributed by atoms with Gasteiger partial charge in [0.25, 0.3) is 0 Å². The molecule has 36 heavy (non-hydrogen) atoms. The van der Waals surface area contributed by atoms with Gasteiger partial charge in [0, 0.05) is 30.0 Å². The maximum Gasteiger partial charge on any atom is 0.341 e. The number of aromatic nitrogens is 4. The first-order chi connectivity index (χ1) is 17.3. The van der Waals surface area contributed by atoms with E-state index in [0.29, 0.717) is 11.6 Å². The van der Waals surface area contributed by atoms with Crippen LogP contribution in [0.5, 0.6) is 0 Å². The SMILES string of the molecule is CC(C)N(c1nn(-c2ccc(-c3cc4ncccc4[nH]3)cc2)cc1C(=O)O)C(=O)[C@H]1CC[C@H](C)CC1. The van der Waals surface area contributed by atoms with Crippen LogP contribution in [0.25, 0.3) is 28.0 Å². The summed E-state index contributed by atoms with van der Waals surface area (Å²) in [5.74, 6) is -0.409. The summed E-state index contributed by atoms with van der Waals surface area (Å²) in [4.78, 5) is 35.0. The molecule has 0 spiro atoms. The van der Waals surface area contributed by atoms with Crippen molar-refractivity contribution in [2.75, 3.05) is 4.90 Å². The quantitative estimate of drug-likeness (QED) is 0.366. The van der Waals surface area contributed by atoms with Crippen LogP contribution < -0.4 is 4.90 Å². The monoisotopic (exact) mass is 485 g/mol. The molecule has 0 saturated heterocycles. The van der Waals surface area contributed by atoms with E-state index in [1.807, 2.05) is 56.3 Å². The summed E-state index contributed by atoms with van der Waals surface area (Å²) in [6.45, 7) is 6.02. The van der Waals surface area contributed by atoms with E-state index in [1.54, 1.807) is 15.8 Å². The molecule has 1 aliphatic carbocycles. The van der Waals surface area contributed by atoms with Crippen LogP contribution in [0.2, 0.25) is 0 Å². The molecule has 1 amide bonds. The summed E-state index contributed by atoms with van der Waals surface area (Å²) in [6.07, 6.45) is 6.94. The predicted molar refractivity (Wildman–Crippen MR) is 139 cm³/mol. The van der Waals surface area contributed by atoms with Crippen molar-refractivity contribution in [2.24, 2.45) is 11.8 Å². The molecular weight excluding hydrogens is 454 g/mol. The molecule has 186 valence electrons. The maximum absolute atomic E-state index is 13.5. The number of hydrogen-bond donors (Lipinski definition) is 2. The number of carboxylic acids is 1. The van der Waals surface area contributed by atoms with Crippen molar-refractivity contribution < 1.29 is 14.7 Å². The molecular formula is C28H31N5O3. The lowest BCUT2D eigenvalue weighted by molar-refractivity contribution is -0.124. The lowest BCUT2D eigenvalue weighted by Crippen LogP contribution is -2.43. The molecule has 0 aliphatic heterocycles. The van der Waals surface area contributed by atoms with Gasteiger partial charge in [0.15, 0.2) is 5.82 Å². The number of benzene rings is 1. The van der Waals surface area contributed by atoms with E-state index in [1.165, 1.54) is 6.20 Å². The van der Waals surface area contributed by atoms with Crippen LogP contribution in [-0.4, -0.2) is 42.8 Å². The fourth-order valence-corrected chi connectivity index (χ4v) is 5.04. The molecule has 1 saturated carbocycles. The number of carboxylic acid groups (broad SMARTS) is 1. The number of nitrogens with zero attached hydrogens (tertiary/aromatic N) is 4. The third kappa shape index (κ3) is 4.51. The van der Waals surface area contributed by atoms with Crippen molar-refractivity contribution in [3.63, 3.8) is 0 Å². The molecule has 3 heterocycles. The molecule has 3 aromatic heterocycles. The molecule has 0 bridgehead atoms. The first-order valence-corrected chi connectivity index (χ1v) is 12.5. The van der Waals surface area contributed by atoms with Gasteiger partial charge in [-0.25, -0.2) is 9.48 Å². The van der Waals surface area contributed by atoms with E-state index < -0.39 is 5.97 Å². The molecule has 1 fully saturated rings. The van der Waals surface area contributed by atoms with E-state index in [4.69, 9.17) is 0 Å². The highest BCUT2D eigenvalue weighted by molar-refractivity contribution is 6.01.